The lowest BCUT2D eigenvalue weighted by molar-refractivity contribution is -0.148. The predicted octanol–water partition coefficient (Wildman–Crippen LogP) is 5.96. The zero-order valence-electron chi connectivity index (χ0n) is 20.9. The van der Waals surface area contributed by atoms with Gasteiger partial charge in [0.15, 0.2) is 0 Å². The molecule has 5 rings (SSSR count). The zero-order valence-corrected chi connectivity index (χ0v) is 21.7. The average Bonchev–Trinajstić information content (AvgIpc) is 3.09. The van der Waals surface area contributed by atoms with Crippen molar-refractivity contribution in [2.75, 3.05) is 0 Å². The minimum Gasteiger partial charge on any atom is -0.462 e. The van der Waals surface area contributed by atoms with Crippen LogP contribution in [0, 0.1) is 35.5 Å². The number of esters is 1. The first kappa shape index (κ1) is 24.1. The Kier molecular flexibility index (Phi) is 6.00. The fourth-order valence-corrected chi connectivity index (χ4v) is 9.19. The van der Waals surface area contributed by atoms with E-state index in [0.29, 0.717) is 17.8 Å². The zero-order chi connectivity index (χ0) is 24.3. The Morgan fingerprint density at radius 1 is 1.00 bits per heavy atom. The van der Waals surface area contributed by atoms with Gasteiger partial charge >= 0.3 is 5.97 Å². The molecule has 6 heteroatoms. The summed E-state index contributed by atoms with van der Waals surface area (Å²) in [5, 5.41) is 0. The SMILES string of the molecule is CC(=O)O[C@H]1CC[C@@]2(C)C(=CC[C@@H]3[C@H]4CC[C@H](OS(=O)(=O)c5ccc(C)cc5)[C@@]4(C)CC[C@@H]32)C1. The third-order valence-electron chi connectivity index (χ3n) is 9.86. The minimum atomic E-state index is -3.78. The second kappa shape index (κ2) is 8.48. The van der Waals surface area contributed by atoms with Crippen LogP contribution in [0.25, 0.3) is 0 Å². The van der Waals surface area contributed by atoms with Crippen molar-refractivity contribution in [3.8, 4) is 0 Å². The standard InChI is InChI=1S/C28H38O5S/c1-18-5-8-22(9-6-18)34(30,31)33-26-12-11-24-23-10-7-20-17-21(32-19(2)29)13-15-27(20,3)25(23)14-16-28(24,26)4/h5-9,21,23-26H,10-17H2,1-4H3/t21-,23+,24+,25-,26-,27-,28-/m0/s1. The van der Waals surface area contributed by atoms with E-state index in [-0.39, 0.29) is 33.9 Å². The van der Waals surface area contributed by atoms with Crippen LogP contribution in [0.2, 0.25) is 0 Å². The first-order valence-corrected chi connectivity index (χ1v) is 14.3. The number of carbonyl (C=O) groups excluding carboxylic acids is 1. The third-order valence-corrected chi connectivity index (χ3v) is 11.2. The lowest BCUT2D eigenvalue weighted by atomic mass is 9.48. The quantitative estimate of drug-likeness (QED) is 0.298. The van der Waals surface area contributed by atoms with E-state index in [9.17, 15) is 13.2 Å². The maximum atomic E-state index is 13.1. The summed E-state index contributed by atoms with van der Waals surface area (Å²) in [5.41, 5.74) is 2.55. The second-order valence-corrected chi connectivity index (χ2v) is 13.3. The molecular weight excluding hydrogens is 448 g/mol. The molecule has 0 aliphatic heterocycles. The average molecular weight is 487 g/mol. The number of allylic oxidation sites excluding steroid dienone is 1. The summed E-state index contributed by atoms with van der Waals surface area (Å²) in [7, 11) is -3.78. The van der Waals surface area contributed by atoms with Crippen LogP contribution in [0.3, 0.4) is 0 Å². The fraction of sp³-hybridized carbons (Fsp3) is 0.679. The van der Waals surface area contributed by atoms with E-state index in [1.165, 1.54) is 12.5 Å². The van der Waals surface area contributed by atoms with Crippen molar-refractivity contribution in [2.24, 2.45) is 28.6 Å². The minimum absolute atomic E-state index is 0.0125. The molecule has 0 aromatic heterocycles. The highest BCUT2D eigenvalue weighted by Gasteiger charge is 2.59. The van der Waals surface area contributed by atoms with Gasteiger partial charge in [0, 0.05) is 13.3 Å². The largest absolute Gasteiger partial charge is 0.462 e. The summed E-state index contributed by atoms with van der Waals surface area (Å²) >= 11 is 0. The molecule has 0 unspecified atom stereocenters. The number of benzene rings is 1. The Bertz CT molecular complexity index is 1090. The summed E-state index contributed by atoms with van der Waals surface area (Å²) in [5.74, 6) is 1.46. The summed E-state index contributed by atoms with van der Waals surface area (Å²) in [6.45, 7) is 8.15. The van der Waals surface area contributed by atoms with Gasteiger partial charge in [-0.05, 0) is 92.6 Å². The molecular formula is C28H38O5S. The normalized spacial score (nSPS) is 39.4. The molecule has 0 N–H and O–H groups in total. The third kappa shape index (κ3) is 3.95. The molecule has 7 atom stereocenters. The molecule has 1 aromatic carbocycles. The Labute approximate surface area is 204 Å². The highest BCUT2D eigenvalue weighted by atomic mass is 32.2. The van der Waals surface area contributed by atoms with Crippen LogP contribution in [0.15, 0.2) is 40.8 Å². The van der Waals surface area contributed by atoms with Gasteiger partial charge in [-0.3, -0.25) is 8.98 Å². The Balaban J connectivity index is 1.35. The van der Waals surface area contributed by atoms with E-state index in [4.69, 9.17) is 8.92 Å². The summed E-state index contributed by atoms with van der Waals surface area (Å²) in [4.78, 5) is 11.7. The van der Waals surface area contributed by atoms with Gasteiger partial charge in [-0.15, -0.1) is 0 Å². The van der Waals surface area contributed by atoms with Gasteiger partial charge in [0.05, 0.1) is 11.0 Å². The van der Waals surface area contributed by atoms with E-state index < -0.39 is 10.1 Å². The maximum absolute atomic E-state index is 13.1. The van der Waals surface area contributed by atoms with Crippen LogP contribution < -0.4 is 0 Å². The molecule has 0 spiro atoms. The van der Waals surface area contributed by atoms with Crippen molar-refractivity contribution >= 4 is 16.1 Å². The van der Waals surface area contributed by atoms with Gasteiger partial charge in [0.1, 0.15) is 6.10 Å². The van der Waals surface area contributed by atoms with Crippen LogP contribution in [-0.2, 0) is 23.8 Å². The number of carbonyl (C=O) groups is 1. The fourth-order valence-electron chi connectivity index (χ4n) is 7.99. The lowest BCUT2D eigenvalue weighted by Gasteiger charge is -2.57. The number of rotatable bonds is 4. The van der Waals surface area contributed by atoms with E-state index in [0.717, 1.165) is 56.9 Å². The van der Waals surface area contributed by atoms with Gasteiger partial charge in [0.2, 0.25) is 0 Å². The summed E-state index contributed by atoms with van der Waals surface area (Å²) < 4.78 is 37.7. The van der Waals surface area contributed by atoms with Gasteiger partial charge in [-0.2, -0.15) is 8.42 Å². The Morgan fingerprint density at radius 3 is 2.44 bits per heavy atom. The van der Waals surface area contributed by atoms with Crippen LogP contribution in [-0.4, -0.2) is 26.6 Å². The van der Waals surface area contributed by atoms with Crippen LogP contribution in [0.5, 0.6) is 0 Å². The topological polar surface area (TPSA) is 69.7 Å². The molecule has 3 fully saturated rings. The number of fused-ring (bicyclic) bond motifs is 5. The van der Waals surface area contributed by atoms with E-state index in [1.54, 1.807) is 12.1 Å². The number of ether oxygens (including phenoxy) is 1. The molecule has 0 radical (unpaired) electrons. The predicted molar refractivity (Wildman–Crippen MR) is 130 cm³/mol. The molecule has 34 heavy (non-hydrogen) atoms. The number of hydrogen-bond acceptors (Lipinski definition) is 5. The Hall–Kier alpha value is -1.66. The summed E-state index contributed by atoms with van der Waals surface area (Å²) in [6.07, 6.45) is 10.0. The van der Waals surface area contributed by atoms with Crippen LogP contribution >= 0.6 is 0 Å². The van der Waals surface area contributed by atoms with Crippen molar-refractivity contribution in [1.82, 2.24) is 0 Å². The van der Waals surface area contributed by atoms with E-state index in [1.807, 2.05) is 19.1 Å². The molecule has 4 aliphatic rings. The van der Waals surface area contributed by atoms with Crippen LogP contribution in [0.4, 0.5) is 0 Å². The molecule has 0 amide bonds. The molecule has 1 aromatic rings. The molecule has 3 saturated carbocycles. The van der Waals surface area contributed by atoms with Gasteiger partial charge in [-0.1, -0.05) is 43.2 Å². The number of aryl methyl sites for hydroxylation is 1. The molecule has 0 saturated heterocycles. The highest BCUT2D eigenvalue weighted by molar-refractivity contribution is 7.86. The maximum Gasteiger partial charge on any atom is 0.302 e. The van der Waals surface area contributed by atoms with Crippen molar-refractivity contribution in [3.05, 3.63) is 41.5 Å². The van der Waals surface area contributed by atoms with Crippen LogP contribution in [0.1, 0.15) is 77.7 Å². The first-order chi connectivity index (χ1) is 16.0. The van der Waals surface area contributed by atoms with Crippen molar-refractivity contribution in [3.63, 3.8) is 0 Å². The van der Waals surface area contributed by atoms with Gasteiger partial charge < -0.3 is 4.74 Å². The molecule has 0 bridgehead atoms. The van der Waals surface area contributed by atoms with E-state index >= 15 is 0 Å². The first-order valence-electron chi connectivity index (χ1n) is 12.9. The number of hydrogen-bond donors (Lipinski definition) is 0. The van der Waals surface area contributed by atoms with Gasteiger partial charge in [-0.25, -0.2) is 0 Å². The molecule has 5 nitrogen and oxygen atoms in total. The monoisotopic (exact) mass is 486 g/mol. The van der Waals surface area contributed by atoms with Crippen molar-refractivity contribution < 1.29 is 22.1 Å². The van der Waals surface area contributed by atoms with Crippen molar-refractivity contribution in [1.29, 1.82) is 0 Å². The Morgan fingerprint density at radius 2 is 1.74 bits per heavy atom. The lowest BCUT2D eigenvalue weighted by Crippen LogP contribution is -2.51. The highest BCUT2D eigenvalue weighted by Crippen LogP contribution is 2.65. The second-order valence-electron chi connectivity index (χ2n) is 11.7. The smallest absolute Gasteiger partial charge is 0.302 e. The summed E-state index contributed by atoms with van der Waals surface area (Å²) in [6, 6.07) is 6.94. The van der Waals surface area contributed by atoms with Gasteiger partial charge in [0.25, 0.3) is 10.1 Å². The molecule has 186 valence electrons. The molecule has 0 heterocycles. The van der Waals surface area contributed by atoms with Crippen molar-refractivity contribution in [2.45, 2.75) is 96.2 Å². The molecule has 4 aliphatic carbocycles. The van der Waals surface area contributed by atoms with E-state index in [2.05, 4.69) is 19.9 Å².